The Morgan fingerprint density at radius 1 is 0.935 bits per heavy atom. The molecule has 5 heteroatoms. The molecule has 1 aliphatic heterocycles. The topological polar surface area (TPSA) is 65.5 Å². The van der Waals surface area contributed by atoms with E-state index in [0.717, 1.165) is 23.8 Å². The van der Waals surface area contributed by atoms with Crippen molar-refractivity contribution in [1.29, 1.82) is 0 Å². The molecule has 0 aromatic heterocycles. The number of carbonyl (C=O) groups is 1. The van der Waals surface area contributed by atoms with Crippen LogP contribution in [-0.4, -0.2) is 32.0 Å². The molecule has 1 aliphatic rings. The highest BCUT2D eigenvalue weighted by molar-refractivity contribution is 5.94. The van der Waals surface area contributed by atoms with Crippen molar-refractivity contribution in [3.05, 3.63) is 102 Å². The van der Waals surface area contributed by atoms with Crippen molar-refractivity contribution in [2.75, 3.05) is 25.5 Å². The number of hydrogen-bond donors (Lipinski definition) is 3. The van der Waals surface area contributed by atoms with E-state index < -0.39 is 0 Å². The molecule has 1 amide bonds. The van der Waals surface area contributed by atoms with Crippen LogP contribution >= 0.6 is 0 Å². The molecule has 1 atom stereocenters. The zero-order valence-electron chi connectivity index (χ0n) is 17.7. The largest absolute Gasteiger partial charge is 0.356 e. The standard InChI is InChI=1S/C26H28N4O/c1-27-26(28-17-21-16-25(31)30-24-15-9-8-14-22(21)24)29-18-23(19-10-4-2-5-11-19)20-12-6-3-7-13-20/h2-15,21,23H,16-18H2,1H3,(H,30,31)(H2,27,28,29). The number of nitrogens with one attached hydrogen (secondary N) is 3. The number of guanidine groups is 1. The lowest BCUT2D eigenvalue weighted by Gasteiger charge is -2.27. The third kappa shape index (κ3) is 5.12. The van der Waals surface area contributed by atoms with E-state index >= 15 is 0 Å². The predicted molar refractivity (Wildman–Crippen MR) is 127 cm³/mol. The van der Waals surface area contributed by atoms with Crippen LogP contribution in [0.1, 0.15) is 34.9 Å². The summed E-state index contributed by atoms with van der Waals surface area (Å²) in [7, 11) is 1.77. The maximum atomic E-state index is 12.1. The molecular weight excluding hydrogens is 384 g/mol. The number of nitrogens with zero attached hydrogens (tertiary/aromatic N) is 1. The maximum Gasteiger partial charge on any atom is 0.225 e. The van der Waals surface area contributed by atoms with E-state index in [1.807, 2.05) is 30.3 Å². The molecule has 3 aromatic carbocycles. The molecule has 1 heterocycles. The number of anilines is 1. The minimum Gasteiger partial charge on any atom is -0.356 e. The summed E-state index contributed by atoms with van der Waals surface area (Å²) in [5.74, 6) is 1.12. The number of aliphatic imine (C=N–C) groups is 1. The van der Waals surface area contributed by atoms with Crippen molar-refractivity contribution in [3.8, 4) is 0 Å². The first-order valence-electron chi connectivity index (χ1n) is 10.7. The Kier molecular flexibility index (Phi) is 6.62. The van der Waals surface area contributed by atoms with Crippen molar-refractivity contribution < 1.29 is 4.79 Å². The molecule has 0 spiro atoms. The third-order valence-corrected chi connectivity index (χ3v) is 5.72. The Morgan fingerprint density at radius 3 is 2.19 bits per heavy atom. The molecule has 158 valence electrons. The van der Waals surface area contributed by atoms with Gasteiger partial charge in [-0.1, -0.05) is 78.9 Å². The molecular formula is C26H28N4O. The second-order valence-electron chi connectivity index (χ2n) is 7.74. The van der Waals surface area contributed by atoms with Crippen LogP contribution in [0.3, 0.4) is 0 Å². The van der Waals surface area contributed by atoms with Crippen molar-refractivity contribution in [3.63, 3.8) is 0 Å². The van der Waals surface area contributed by atoms with Crippen LogP contribution in [0.25, 0.3) is 0 Å². The van der Waals surface area contributed by atoms with Crippen LogP contribution in [0.4, 0.5) is 5.69 Å². The summed E-state index contributed by atoms with van der Waals surface area (Å²) in [5, 5.41) is 9.85. The van der Waals surface area contributed by atoms with Gasteiger partial charge in [0, 0.05) is 44.1 Å². The van der Waals surface area contributed by atoms with Gasteiger partial charge in [-0.15, -0.1) is 0 Å². The summed E-state index contributed by atoms with van der Waals surface area (Å²) in [5.41, 5.74) is 4.59. The molecule has 3 aromatic rings. The van der Waals surface area contributed by atoms with E-state index in [2.05, 4.69) is 75.5 Å². The summed E-state index contributed by atoms with van der Waals surface area (Å²) in [4.78, 5) is 16.5. The van der Waals surface area contributed by atoms with Crippen molar-refractivity contribution in [2.24, 2.45) is 4.99 Å². The van der Waals surface area contributed by atoms with Gasteiger partial charge in [0.25, 0.3) is 0 Å². The van der Waals surface area contributed by atoms with Crippen molar-refractivity contribution in [1.82, 2.24) is 10.6 Å². The first kappa shape index (κ1) is 20.7. The molecule has 1 unspecified atom stereocenters. The lowest BCUT2D eigenvalue weighted by atomic mass is 9.90. The van der Waals surface area contributed by atoms with E-state index in [-0.39, 0.29) is 17.7 Å². The summed E-state index contributed by atoms with van der Waals surface area (Å²) in [6.07, 6.45) is 0.470. The van der Waals surface area contributed by atoms with Crippen LogP contribution in [0.5, 0.6) is 0 Å². The average molecular weight is 413 g/mol. The monoisotopic (exact) mass is 412 g/mol. The van der Waals surface area contributed by atoms with Gasteiger partial charge in [-0.05, 0) is 22.8 Å². The molecule has 5 nitrogen and oxygen atoms in total. The number of carbonyl (C=O) groups excluding carboxylic acids is 1. The fourth-order valence-corrected chi connectivity index (χ4v) is 4.12. The Balaban J connectivity index is 1.43. The smallest absolute Gasteiger partial charge is 0.225 e. The van der Waals surface area contributed by atoms with Gasteiger partial charge in [0.05, 0.1) is 0 Å². The number of rotatable bonds is 6. The van der Waals surface area contributed by atoms with Gasteiger partial charge >= 0.3 is 0 Å². The number of amides is 1. The van der Waals surface area contributed by atoms with Gasteiger partial charge < -0.3 is 16.0 Å². The maximum absolute atomic E-state index is 12.1. The summed E-state index contributed by atoms with van der Waals surface area (Å²) >= 11 is 0. The van der Waals surface area contributed by atoms with Gasteiger partial charge in [-0.25, -0.2) is 0 Å². The van der Waals surface area contributed by atoms with E-state index in [1.165, 1.54) is 11.1 Å². The molecule has 31 heavy (non-hydrogen) atoms. The Morgan fingerprint density at radius 2 is 1.55 bits per heavy atom. The zero-order valence-corrected chi connectivity index (χ0v) is 17.7. The predicted octanol–water partition coefficient (Wildman–Crippen LogP) is 4.11. The van der Waals surface area contributed by atoms with Crippen LogP contribution in [0.2, 0.25) is 0 Å². The van der Waals surface area contributed by atoms with Gasteiger partial charge in [-0.3, -0.25) is 9.79 Å². The van der Waals surface area contributed by atoms with Crippen LogP contribution in [0.15, 0.2) is 89.9 Å². The summed E-state index contributed by atoms with van der Waals surface area (Å²) in [6, 6.07) is 29.0. The SMILES string of the molecule is CN=C(NCC1CC(=O)Nc2ccccc21)NCC(c1ccccc1)c1ccccc1. The molecule has 0 aliphatic carbocycles. The van der Waals surface area contributed by atoms with E-state index in [1.54, 1.807) is 7.05 Å². The van der Waals surface area contributed by atoms with Crippen LogP contribution < -0.4 is 16.0 Å². The quantitative estimate of drug-likeness (QED) is 0.422. The van der Waals surface area contributed by atoms with E-state index in [9.17, 15) is 4.79 Å². The molecule has 0 saturated carbocycles. The molecule has 4 rings (SSSR count). The van der Waals surface area contributed by atoms with Crippen molar-refractivity contribution in [2.45, 2.75) is 18.3 Å². The van der Waals surface area contributed by atoms with Gasteiger partial charge in [0.2, 0.25) is 5.91 Å². The highest BCUT2D eigenvalue weighted by Gasteiger charge is 2.25. The fourth-order valence-electron chi connectivity index (χ4n) is 4.12. The van der Waals surface area contributed by atoms with Crippen LogP contribution in [0, 0.1) is 0 Å². The fraction of sp³-hybridized carbons (Fsp3) is 0.231. The Labute approximate surface area is 183 Å². The van der Waals surface area contributed by atoms with Gasteiger partial charge in [-0.2, -0.15) is 0 Å². The average Bonchev–Trinajstić information content (AvgIpc) is 2.82. The molecule has 3 N–H and O–H groups in total. The second-order valence-corrected chi connectivity index (χ2v) is 7.74. The molecule has 0 bridgehead atoms. The lowest BCUT2D eigenvalue weighted by molar-refractivity contribution is -0.116. The highest BCUT2D eigenvalue weighted by Crippen LogP contribution is 2.31. The molecule has 0 fully saturated rings. The summed E-state index contributed by atoms with van der Waals surface area (Å²) in [6.45, 7) is 1.36. The van der Waals surface area contributed by atoms with E-state index in [0.29, 0.717) is 13.0 Å². The molecule has 0 radical (unpaired) electrons. The van der Waals surface area contributed by atoms with E-state index in [4.69, 9.17) is 0 Å². The zero-order chi connectivity index (χ0) is 21.5. The first-order valence-corrected chi connectivity index (χ1v) is 10.7. The van der Waals surface area contributed by atoms with Crippen molar-refractivity contribution >= 4 is 17.6 Å². The Hall–Kier alpha value is -3.60. The van der Waals surface area contributed by atoms with Gasteiger partial charge in [0.1, 0.15) is 0 Å². The number of para-hydroxylation sites is 1. The third-order valence-electron chi connectivity index (χ3n) is 5.72. The van der Waals surface area contributed by atoms with Gasteiger partial charge in [0.15, 0.2) is 5.96 Å². The molecule has 0 saturated heterocycles. The highest BCUT2D eigenvalue weighted by atomic mass is 16.1. The summed E-state index contributed by atoms with van der Waals surface area (Å²) < 4.78 is 0. The van der Waals surface area contributed by atoms with Crippen LogP contribution in [-0.2, 0) is 4.79 Å². The number of benzene rings is 3. The first-order chi connectivity index (χ1) is 15.2. The lowest BCUT2D eigenvalue weighted by Crippen LogP contribution is -2.42. The Bertz CT molecular complexity index is 994. The minimum absolute atomic E-state index is 0.0571. The minimum atomic E-state index is 0.0571. The number of fused-ring (bicyclic) bond motifs is 1. The number of hydrogen-bond acceptors (Lipinski definition) is 2. The normalized spacial score (nSPS) is 15.9. The second kappa shape index (κ2) is 9.94.